The molecule has 0 spiro atoms. The van der Waals surface area contributed by atoms with Crippen LogP contribution in [0.15, 0.2) is 4.99 Å². The molecule has 2 aliphatic heterocycles. The molecule has 0 saturated carbocycles. The van der Waals surface area contributed by atoms with Crippen LogP contribution in [0.5, 0.6) is 0 Å². The quantitative estimate of drug-likeness (QED) is 0.560. The summed E-state index contributed by atoms with van der Waals surface area (Å²) >= 11 is 0. The zero-order chi connectivity index (χ0) is 13.7. The number of hydrogen-bond donors (Lipinski definition) is 1. The van der Waals surface area contributed by atoms with Gasteiger partial charge in [0.05, 0.1) is 18.1 Å². The van der Waals surface area contributed by atoms with Gasteiger partial charge in [-0.2, -0.15) is 0 Å². The van der Waals surface area contributed by atoms with Crippen molar-refractivity contribution in [1.29, 1.82) is 0 Å². The molecule has 110 valence electrons. The topological polar surface area (TPSA) is 79.0 Å². The van der Waals surface area contributed by atoms with Crippen molar-refractivity contribution in [1.82, 2.24) is 9.80 Å². The number of sulfone groups is 1. The van der Waals surface area contributed by atoms with Crippen LogP contribution in [-0.4, -0.2) is 75.0 Å². The van der Waals surface area contributed by atoms with E-state index >= 15 is 0 Å². The number of aliphatic imine (C=N–C) groups is 1. The molecule has 7 heteroatoms. The zero-order valence-electron chi connectivity index (χ0n) is 11.4. The van der Waals surface area contributed by atoms with Gasteiger partial charge in [0.1, 0.15) is 0 Å². The van der Waals surface area contributed by atoms with Crippen molar-refractivity contribution in [3.63, 3.8) is 0 Å². The third-order valence-corrected chi connectivity index (χ3v) is 5.42. The molecule has 2 aliphatic rings. The average molecular weight is 288 g/mol. The highest BCUT2D eigenvalue weighted by molar-refractivity contribution is 7.91. The first kappa shape index (κ1) is 14.6. The minimum atomic E-state index is -2.78. The van der Waals surface area contributed by atoms with Crippen LogP contribution < -0.4 is 5.73 Å². The van der Waals surface area contributed by atoms with E-state index in [0.717, 1.165) is 19.6 Å². The van der Waals surface area contributed by atoms with Gasteiger partial charge in [-0.15, -0.1) is 0 Å². The van der Waals surface area contributed by atoms with Gasteiger partial charge in [-0.05, 0) is 19.3 Å². The van der Waals surface area contributed by atoms with Gasteiger partial charge in [0.2, 0.25) is 0 Å². The van der Waals surface area contributed by atoms with Crippen LogP contribution in [-0.2, 0) is 9.84 Å². The Bertz CT molecular complexity index is 401. The molecule has 0 aromatic heterocycles. The molecule has 2 saturated heterocycles. The normalized spacial score (nSPS) is 25.5. The van der Waals surface area contributed by atoms with E-state index in [-0.39, 0.29) is 11.5 Å². The van der Waals surface area contributed by atoms with Crippen molar-refractivity contribution >= 4 is 15.8 Å². The summed E-state index contributed by atoms with van der Waals surface area (Å²) in [5.41, 5.74) is 5.97. The maximum absolute atomic E-state index is 11.3. The Labute approximate surface area is 115 Å². The van der Waals surface area contributed by atoms with Gasteiger partial charge in [0, 0.05) is 32.7 Å². The number of piperidine rings is 1. The van der Waals surface area contributed by atoms with Crippen molar-refractivity contribution in [3.8, 4) is 0 Å². The van der Waals surface area contributed by atoms with E-state index in [2.05, 4.69) is 14.8 Å². The summed E-state index contributed by atoms with van der Waals surface area (Å²) in [7, 11) is -2.78. The smallest absolute Gasteiger partial charge is 0.191 e. The molecule has 0 aromatic rings. The van der Waals surface area contributed by atoms with E-state index in [0.29, 0.717) is 25.6 Å². The predicted molar refractivity (Wildman–Crippen MR) is 77.0 cm³/mol. The Balaban J connectivity index is 1.70. The van der Waals surface area contributed by atoms with Gasteiger partial charge >= 0.3 is 0 Å². The van der Waals surface area contributed by atoms with Crippen LogP contribution in [0.1, 0.15) is 19.3 Å². The second kappa shape index (κ2) is 6.56. The van der Waals surface area contributed by atoms with Crippen molar-refractivity contribution in [2.45, 2.75) is 19.3 Å². The summed E-state index contributed by atoms with van der Waals surface area (Å²) in [5, 5.41) is 0. The number of hydrogen-bond acceptors (Lipinski definition) is 4. The third-order valence-electron chi connectivity index (χ3n) is 3.81. The molecule has 0 bridgehead atoms. The Hall–Kier alpha value is -0.820. The van der Waals surface area contributed by atoms with Gasteiger partial charge < -0.3 is 10.6 Å². The van der Waals surface area contributed by atoms with E-state index in [1.54, 1.807) is 0 Å². The van der Waals surface area contributed by atoms with Gasteiger partial charge in [-0.3, -0.25) is 9.89 Å². The highest BCUT2D eigenvalue weighted by atomic mass is 32.2. The lowest BCUT2D eigenvalue weighted by atomic mass is 10.1. The highest BCUT2D eigenvalue weighted by Gasteiger charge is 2.21. The van der Waals surface area contributed by atoms with Crippen molar-refractivity contribution in [2.75, 3.05) is 50.8 Å². The fraction of sp³-hybridized carbons (Fsp3) is 0.917. The molecule has 19 heavy (non-hydrogen) atoms. The minimum absolute atomic E-state index is 0.276. The van der Waals surface area contributed by atoms with Gasteiger partial charge in [-0.1, -0.05) is 0 Å². The fourth-order valence-corrected chi connectivity index (χ4v) is 3.78. The lowest BCUT2D eigenvalue weighted by Crippen LogP contribution is -2.43. The largest absolute Gasteiger partial charge is 0.370 e. The SMILES string of the molecule is NC(=NCCN1CCS(=O)(=O)CC1)N1CCCCC1. The first-order valence-corrected chi connectivity index (χ1v) is 8.87. The Morgan fingerprint density at radius 2 is 1.68 bits per heavy atom. The summed E-state index contributed by atoms with van der Waals surface area (Å²) < 4.78 is 22.6. The van der Waals surface area contributed by atoms with E-state index in [9.17, 15) is 8.42 Å². The van der Waals surface area contributed by atoms with Gasteiger partial charge in [0.25, 0.3) is 0 Å². The maximum Gasteiger partial charge on any atom is 0.191 e. The van der Waals surface area contributed by atoms with Crippen LogP contribution in [0, 0.1) is 0 Å². The second-order valence-corrected chi connectivity index (χ2v) is 7.58. The first-order valence-electron chi connectivity index (χ1n) is 7.04. The predicted octanol–water partition coefficient (Wildman–Crippen LogP) is -0.483. The molecule has 6 nitrogen and oxygen atoms in total. The molecule has 0 atom stereocenters. The zero-order valence-corrected chi connectivity index (χ0v) is 12.2. The second-order valence-electron chi connectivity index (χ2n) is 5.28. The maximum atomic E-state index is 11.3. The molecule has 2 N–H and O–H groups in total. The molecule has 0 radical (unpaired) electrons. The van der Waals surface area contributed by atoms with E-state index in [1.165, 1.54) is 19.3 Å². The molecule has 0 aliphatic carbocycles. The standard InChI is InChI=1S/C12H24N4O2S/c13-12(16-5-2-1-3-6-16)14-4-7-15-8-10-19(17,18)11-9-15/h1-11H2,(H2,13,14). The number of likely N-dealkylation sites (tertiary alicyclic amines) is 1. The number of rotatable bonds is 3. The van der Waals surface area contributed by atoms with Gasteiger partial charge in [-0.25, -0.2) is 8.42 Å². The molecule has 2 rings (SSSR count). The summed E-state index contributed by atoms with van der Waals surface area (Å²) in [4.78, 5) is 8.70. The fourth-order valence-electron chi connectivity index (χ4n) is 2.50. The van der Waals surface area contributed by atoms with Crippen LogP contribution in [0.4, 0.5) is 0 Å². The Kier molecular flexibility index (Phi) is 5.04. The third kappa shape index (κ3) is 4.65. The number of nitrogens with zero attached hydrogens (tertiary/aromatic N) is 3. The summed E-state index contributed by atoms with van der Waals surface area (Å²) in [6.45, 7) is 4.73. The van der Waals surface area contributed by atoms with E-state index in [4.69, 9.17) is 5.73 Å². The van der Waals surface area contributed by atoms with E-state index in [1.807, 2.05) is 0 Å². The first-order chi connectivity index (χ1) is 9.07. The number of guanidine groups is 1. The van der Waals surface area contributed by atoms with Crippen LogP contribution in [0.25, 0.3) is 0 Å². The van der Waals surface area contributed by atoms with Crippen LogP contribution >= 0.6 is 0 Å². The monoisotopic (exact) mass is 288 g/mol. The average Bonchev–Trinajstić information content (AvgIpc) is 2.41. The molecule has 0 unspecified atom stereocenters. The van der Waals surface area contributed by atoms with Gasteiger partial charge in [0.15, 0.2) is 15.8 Å². The van der Waals surface area contributed by atoms with Crippen molar-refractivity contribution in [3.05, 3.63) is 0 Å². The summed E-state index contributed by atoms with van der Waals surface area (Å²) in [6, 6.07) is 0. The molecule has 0 amide bonds. The number of nitrogens with two attached hydrogens (primary N) is 1. The summed E-state index contributed by atoms with van der Waals surface area (Å²) in [5.74, 6) is 1.20. The molecule has 2 fully saturated rings. The Morgan fingerprint density at radius 1 is 1.05 bits per heavy atom. The minimum Gasteiger partial charge on any atom is -0.370 e. The highest BCUT2D eigenvalue weighted by Crippen LogP contribution is 2.08. The van der Waals surface area contributed by atoms with Crippen LogP contribution in [0.2, 0.25) is 0 Å². The van der Waals surface area contributed by atoms with Crippen molar-refractivity contribution < 1.29 is 8.42 Å². The Morgan fingerprint density at radius 3 is 2.32 bits per heavy atom. The van der Waals surface area contributed by atoms with Crippen molar-refractivity contribution in [2.24, 2.45) is 10.7 Å². The molecular weight excluding hydrogens is 264 g/mol. The lowest BCUT2D eigenvalue weighted by molar-refractivity contribution is 0.301. The summed E-state index contributed by atoms with van der Waals surface area (Å²) in [6.07, 6.45) is 3.67. The van der Waals surface area contributed by atoms with Crippen LogP contribution in [0.3, 0.4) is 0 Å². The lowest BCUT2D eigenvalue weighted by Gasteiger charge is -2.28. The molecule has 2 heterocycles. The molecular formula is C12H24N4O2S. The molecule has 0 aromatic carbocycles. The van der Waals surface area contributed by atoms with E-state index < -0.39 is 9.84 Å².